The molecule has 0 aromatic carbocycles. The molecule has 4 fully saturated rings. The van der Waals surface area contributed by atoms with E-state index in [-0.39, 0.29) is 5.41 Å². The van der Waals surface area contributed by atoms with Gasteiger partial charge in [-0.2, -0.15) is 0 Å². The Morgan fingerprint density at radius 1 is 0.762 bits per heavy atom. The summed E-state index contributed by atoms with van der Waals surface area (Å²) in [6.45, 7) is 7.18. The Hall–Kier alpha value is -0.0400. The van der Waals surface area contributed by atoms with Gasteiger partial charge >= 0.3 is 0 Å². The van der Waals surface area contributed by atoms with Crippen LogP contribution in [0.3, 0.4) is 0 Å². The van der Waals surface area contributed by atoms with Crippen molar-refractivity contribution >= 4 is 0 Å². The molecule has 1 nitrogen and oxygen atoms in total. The molecule has 4 saturated carbocycles. The molecule has 4 aliphatic carbocycles. The van der Waals surface area contributed by atoms with Crippen LogP contribution < -0.4 is 0 Å². The summed E-state index contributed by atoms with van der Waals surface area (Å²) in [5.41, 5.74) is 0.427. The van der Waals surface area contributed by atoms with E-state index in [4.69, 9.17) is 0 Å². The fourth-order valence-electron chi connectivity index (χ4n) is 7.54. The number of rotatable bonds is 0. The van der Waals surface area contributed by atoms with Crippen LogP contribution in [-0.2, 0) is 0 Å². The Balaban J connectivity index is 1.66. The number of fused-ring (bicyclic) bond motifs is 5. The van der Waals surface area contributed by atoms with Crippen LogP contribution in [0.1, 0.15) is 85.0 Å². The molecule has 0 aliphatic heterocycles. The minimum atomic E-state index is -0.410. The zero-order valence-electron chi connectivity index (χ0n) is 14.3. The highest BCUT2D eigenvalue weighted by Gasteiger charge is 2.62. The van der Waals surface area contributed by atoms with Crippen molar-refractivity contribution in [2.45, 2.75) is 90.6 Å². The Kier molecular flexibility index (Phi) is 3.11. The lowest BCUT2D eigenvalue weighted by Crippen LogP contribution is -2.55. The van der Waals surface area contributed by atoms with Gasteiger partial charge < -0.3 is 5.11 Å². The van der Waals surface area contributed by atoms with E-state index in [1.165, 1.54) is 57.8 Å². The molecule has 7 atom stereocenters. The summed E-state index contributed by atoms with van der Waals surface area (Å²) >= 11 is 0. The Morgan fingerprint density at radius 3 is 2.33 bits per heavy atom. The fraction of sp³-hybridized carbons (Fsp3) is 1.00. The minimum Gasteiger partial charge on any atom is -0.390 e. The van der Waals surface area contributed by atoms with Crippen molar-refractivity contribution in [3.8, 4) is 0 Å². The highest BCUT2D eigenvalue weighted by atomic mass is 16.3. The minimum absolute atomic E-state index is 0.200. The molecule has 0 bridgehead atoms. The van der Waals surface area contributed by atoms with Crippen molar-refractivity contribution in [3.05, 3.63) is 0 Å². The largest absolute Gasteiger partial charge is 0.390 e. The highest BCUT2D eigenvalue weighted by Crippen LogP contribution is 2.68. The van der Waals surface area contributed by atoms with E-state index < -0.39 is 5.60 Å². The summed E-state index contributed by atoms with van der Waals surface area (Å²) in [6.07, 6.45) is 13.9. The van der Waals surface area contributed by atoms with Gasteiger partial charge in [0, 0.05) is 0 Å². The van der Waals surface area contributed by atoms with Crippen LogP contribution in [0.15, 0.2) is 0 Å². The molecular formula is C20H34O. The van der Waals surface area contributed by atoms with Crippen LogP contribution in [-0.4, -0.2) is 10.7 Å². The standard InChI is InChI=1S/C20H34O/c1-18-11-5-4-6-14(18)7-8-15-16(18)9-12-19(2)17(15)10-13-20(19,3)21/h14-17,21H,4-13H2,1-3H3/t14-,15-,16+,17+,18-,19-,20-/m0/s1. The van der Waals surface area contributed by atoms with Crippen molar-refractivity contribution in [2.24, 2.45) is 34.5 Å². The topological polar surface area (TPSA) is 20.2 Å². The van der Waals surface area contributed by atoms with E-state index >= 15 is 0 Å². The summed E-state index contributed by atoms with van der Waals surface area (Å²) in [5.74, 6) is 3.69. The Labute approximate surface area is 130 Å². The third kappa shape index (κ3) is 1.79. The van der Waals surface area contributed by atoms with Gasteiger partial charge in [-0.05, 0) is 92.8 Å². The van der Waals surface area contributed by atoms with Crippen LogP contribution in [0.5, 0.6) is 0 Å². The summed E-state index contributed by atoms with van der Waals surface area (Å²) in [5, 5.41) is 10.9. The molecule has 21 heavy (non-hydrogen) atoms. The zero-order valence-corrected chi connectivity index (χ0v) is 14.3. The maximum Gasteiger partial charge on any atom is 0.0675 e. The second kappa shape index (κ2) is 4.49. The first-order valence-electron chi connectivity index (χ1n) is 9.61. The predicted octanol–water partition coefficient (Wildman–Crippen LogP) is 5.17. The Bertz CT molecular complexity index is 428. The summed E-state index contributed by atoms with van der Waals surface area (Å²) in [6, 6.07) is 0. The third-order valence-corrected chi connectivity index (χ3v) is 9.15. The van der Waals surface area contributed by atoms with Crippen LogP contribution in [0.25, 0.3) is 0 Å². The molecule has 1 heteroatoms. The maximum atomic E-state index is 10.9. The first kappa shape index (κ1) is 14.5. The van der Waals surface area contributed by atoms with Crippen LogP contribution >= 0.6 is 0 Å². The van der Waals surface area contributed by atoms with Crippen LogP contribution in [0.4, 0.5) is 0 Å². The molecule has 4 aliphatic rings. The number of hydrogen-bond acceptors (Lipinski definition) is 1. The van der Waals surface area contributed by atoms with E-state index in [0.29, 0.717) is 5.41 Å². The lowest BCUT2D eigenvalue weighted by molar-refractivity contribution is -0.145. The molecule has 0 radical (unpaired) electrons. The lowest BCUT2D eigenvalue weighted by Gasteiger charge is -2.61. The normalized spacial score (nSPS) is 60.0. The van der Waals surface area contributed by atoms with Crippen molar-refractivity contribution < 1.29 is 5.11 Å². The average Bonchev–Trinajstić information content (AvgIpc) is 2.69. The van der Waals surface area contributed by atoms with Crippen molar-refractivity contribution in [3.63, 3.8) is 0 Å². The van der Waals surface area contributed by atoms with Gasteiger partial charge in [0.2, 0.25) is 0 Å². The summed E-state index contributed by atoms with van der Waals surface area (Å²) in [7, 11) is 0. The molecule has 0 spiro atoms. The number of aliphatic hydroxyl groups is 1. The molecule has 0 heterocycles. The van der Waals surface area contributed by atoms with Crippen molar-refractivity contribution in [1.29, 1.82) is 0 Å². The SMILES string of the molecule is C[C@]12CCCC[C@H]1CC[C@H]1[C@H]2CC[C@@]2(C)[C@@H]1CC[C@]2(C)O. The van der Waals surface area contributed by atoms with Crippen LogP contribution in [0.2, 0.25) is 0 Å². The van der Waals surface area contributed by atoms with Gasteiger partial charge in [0.1, 0.15) is 0 Å². The molecule has 0 saturated heterocycles. The molecule has 0 aromatic rings. The highest BCUT2D eigenvalue weighted by molar-refractivity contribution is 5.12. The zero-order chi connectivity index (χ0) is 14.9. The van der Waals surface area contributed by atoms with Gasteiger partial charge in [0.25, 0.3) is 0 Å². The van der Waals surface area contributed by atoms with Gasteiger partial charge in [-0.1, -0.05) is 26.7 Å². The molecule has 4 rings (SSSR count). The van der Waals surface area contributed by atoms with E-state index in [0.717, 1.165) is 30.1 Å². The van der Waals surface area contributed by atoms with E-state index in [9.17, 15) is 5.11 Å². The third-order valence-electron chi connectivity index (χ3n) is 9.15. The first-order valence-corrected chi connectivity index (χ1v) is 9.61. The van der Waals surface area contributed by atoms with Gasteiger partial charge in [0.15, 0.2) is 0 Å². The Morgan fingerprint density at radius 2 is 1.52 bits per heavy atom. The molecule has 0 aromatic heterocycles. The second-order valence-corrected chi connectivity index (χ2v) is 9.67. The van der Waals surface area contributed by atoms with Crippen molar-refractivity contribution in [2.75, 3.05) is 0 Å². The number of hydrogen-bond donors (Lipinski definition) is 1. The van der Waals surface area contributed by atoms with E-state index in [2.05, 4.69) is 20.8 Å². The monoisotopic (exact) mass is 290 g/mol. The smallest absolute Gasteiger partial charge is 0.0675 e. The van der Waals surface area contributed by atoms with Gasteiger partial charge in [-0.15, -0.1) is 0 Å². The second-order valence-electron chi connectivity index (χ2n) is 9.67. The van der Waals surface area contributed by atoms with Gasteiger partial charge in [-0.25, -0.2) is 0 Å². The molecule has 0 unspecified atom stereocenters. The van der Waals surface area contributed by atoms with Crippen molar-refractivity contribution in [1.82, 2.24) is 0 Å². The van der Waals surface area contributed by atoms with E-state index in [1.54, 1.807) is 0 Å². The molecular weight excluding hydrogens is 256 g/mol. The lowest BCUT2D eigenvalue weighted by atomic mass is 9.44. The molecule has 120 valence electrons. The molecule has 1 N–H and O–H groups in total. The van der Waals surface area contributed by atoms with Gasteiger partial charge in [0.05, 0.1) is 5.60 Å². The van der Waals surface area contributed by atoms with Crippen LogP contribution in [0, 0.1) is 34.5 Å². The quantitative estimate of drug-likeness (QED) is 0.652. The molecule has 0 amide bonds. The predicted molar refractivity (Wildman–Crippen MR) is 87.0 cm³/mol. The summed E-state index contributed by atoms with van der Waals surface area (Å²) < 4.78 is 0. The average molecular weight is 290 g/mol. The van der Waals surface area contributed by atoms with E-state index in [1.807, 2.05) is 0 Å². The fourth-order valence-corrected chi connectivity index (χ4v) is 7.54. The van der Waals surface area contributed by atoms with Gasteiger partial charge in [-0.3, -0.25) is 0 Å². The first-order chi connectivity index (χ1) is 9.88. The maximum absolute atomic E-state index is 10.9. The summed E-state index contributed by atoms with van der Waals surface area (Å²) in [4.78, 5) is 0.